The Morgan fingerprint density at radius 1 is 1.28 bits per heavy atom. The van der Waals surface area contributed by atoms with Gasteiger partial charge in [-0.05, 0) is 42.0 Å². The van der Waals surface area contributed by atoms with Gasteiger partial charge in [0, 0.05) is 29.2 Å². The zero-order valence-corrected chi connectivity index (χ0v) is 15.3. The Kier molecular flexibility index (Phi) is 5.38. The van der Waals surface area contributed by atoms with Crippen LogP contribution in [0.4, 0.5) is 10.5 Å². The smallest absolute Gasteiger partial charge is 0.322 e. The van der Waals surface area contributed by atoms with Crippen molar-refractivity contribution in [2.75, 3.05) is 18.4 Å². The molecule has 6 heteroatoms. The summed E-state index contributed by atoms with van der Waals surface area (Å²) in [6.45, 7) is 5.48. The van der Waals surface area contributed by atoms with Gasteiger partial charge in [-0.1, -0.05) is 26.0 Å². The minimum absolute atomic E-state index is 0.120. The first-order valence-corrected chi connectivity index (χ1v) is 9.42. The van der Waals surface area contributed by atoms with Gasteiger partial charge in [-0.3, -0.25) is 4.79 Å². The summed E-state index contributed by atoms with van der Waals surface area (Å²) in [6, 6.07) is 11.2. The maximum Gasteiger partial charge on any atom is 0.322 e. The van der Waals surface area contributed by atoms with Crippen molar-refractivity contribution >= 4 is 29.0 Å². The van der Waals surface area contributed by atoms with Gasteiger partial charge in [0.05, 0.1) is 6.04 Å². The summed E-state index contributed by atoms with van der Waals surface area (Å²) < 4.78 is 0. The first-order valence-electron chi connectivity index (χ1n) is 8.54. The van der Waals surface area contributed by atoms with Crippen LogP contribution in [-0.4, -0.2) is 29.9 Å². The summed E-state index contributed by atoms with van der Waals surface area (Å²) in [5.74, 6) is 0.276. The largest absolute Gasteiger partial charge is 0.352 e. The number of hydrogen-bond acceptors (Lipinski definition) is 3. The Balaban J connectivity index is 1.62. The first kappa shape index (κ1) is 17.5. The molecule has 0 aliphatic carbocycles. The van der Waals surface area contributed by atoms with Crippen LogP contribution in [0.2, 0.25) is 0 Å². The molecule has 25 heavy (non-hydrogen) atoms. The fraction of sp³-hybridized carbons (Fsp3) is 0.368. The third kappa shape index (κ3) is 4.20. The van der Waals surface area contributed by atoms with E-state index in [1.165, 1.54) is 4.88 Å². The molecule has 1 aliphatic rings. The maximum atomic E-state index is 12.5. The molecule has 3 amide bonds. The van der Waals surface area contributed by atoms with E-state index < -0.39 is 0 Å². The van der Waals surface area contributed by atoms with Crippen molar-refractivity contribution in [3.05, 3.63) is 52.2 Å². The zero-order chi connectivity index (χ0) is 17.8. The number of nitrogens with one attached hydrogen (secondary N) is 2. The number of nitrogens with zero attached hydrogens (tertiary/aromatic N) is 1. The number of rotatable bonds is 5. The van der Waals surface area contributed by atoms with Crippen molar-refractivity contribution in [2.45, 2.75) is 26.3 Å². The summed E-state index contributed by atoms with van der Waals surface area (Å²) in [7, 11) is 0. The number of thiophene rings is 1. The topological polar surface area (TPSA) is 61.4 Å². The van der Waals surface area contributed by atoms with Crippen molar-refractivity contribution in [1.82, 2.24) is 10.2 Å². The van der Waals surface area contributed by atoms with Crippen LogP contribution in [0.5, 0.6) is 0 Å². The van der Waals surface area contributed by atoms with E-state index in [4.69, 9.17) is 0 Å². The van der Waals surface area contributed by atoms with E-state index in [1.54, 1.807) is 35.6 Å². The van der Waals surface area contributed by atoms with E-state index in [0.29, 0.717) is 23.7 Å². The molecule has 1 fully saturated rings. The highest BCUT2D eigenvalue weighted by molar-refractivity contribution is 7.10. The number of hydrogen-bond donors (Lipinski definition) is 2. The summed E-state index contributed by atoms with van der Waals surface area (Å²) in [5, 5.41) is 7.83. The second kappa shape index (κ2) is 7.70. The molecular formula is C19H23N3O2S. The van der Waals surface area contributed by atoms with Crippen LogP contribution < -0.4 is 10.6 Å². The first-order chi connectivity index (χ1) is 12.0. The van der Waals surface area contributed by atoms with E-state index in [2.05, 4.69) is 16.7 Å². The molecule has 0 radical (unpaired) electrons. The van der Waals surface area contributed by atoms with Gasteiger partial charge in [0.25, 0.3) is 5.91 Å². The van der Waals surface area contributed by atoms with E-state index in [9.17, 15) is 9.59 Å². The number of urea groups is 1. The molecule has 2 heterocycles. The van der Waals surface area contributed by atoms with Crippen molar-refractivity contribution in [1.29, 1.82) is 0 Å². The fourth-order valence-corrected chi connectivity index (χ4v) is 3.61. The van der Waals surface area contributed by atoms with Crippen molar-refractivity contribution in [3.63, 3.8) is 0 Å². The molecule has 5 nitrogen and oxygen atoms in total. The molecule has 132 valence electrons. The Morgan fingerprint density at radius 2 is 2.12 bits per heavy atom. The quantitative estimate of drug-likeness (QED) is 0.846. The lowest BCUT2D eigenvalue weighted by molar-refractivity contribution is 0.0949. The van der Waals surface area contributed by atoms with Gasteiger partial charge in [0.1, 0.15) is 0 Å². The standard InChI is InChI=1S/C19H23N3O2S/c1-13(2)12-20-18(23)14-5-3-6-15(11-14)21-19(24)22-9-8-16(22)17-7-4-10-25-17/h3-7,10-11,13,16H,8-9,12H2,1-2H3,(H,20,23)(H,21,24)/t16-/m1/s1. The minimum Gasteiger partial charge on any atom is -0.352 e. The Hall–Kier alpha value is -2.34. The van der Waals surface area contributed by atoms with Crippen LogP contribution in [0.25, 0.3) is 0 Å². The van der Waals surface area contributed by atoms with Gasteiger partial charge in [-0.2, -0.15) is 0 Å². The van der Waals surface area contributed by atoms with Gasteiger partial charge in [0.15, 0.2) is 0 Å². The molecule has 1 aliphatic heterocycles. The monoisotopic (exact) mass is 357 g/mol. The number of benzene rings is 1. The number of carbonyl (C=O) groups is 2. The Bertz CT molecular complexity index is 743. The second-order valence-electron chi connectivity index (χ2n) is 6.63. The van der Waals surface area contributed by atoms with Crippen molar-refractivity contribution in [3.8, 4) is 0 Å². The SMILES string of the molecule is CC(C)CNC(=O)c1cccc(NC(=O)N2CC[C@@H]2c2cccs2)c1. The lowest BCUT2D eigenvalue weighted by Gasteiger charge is -2.40. The third-order valence-electron chi connectivity index (χ3n) is 4.20. The van der Waals surface area contributed by atoms with E-state index in [0.717, 1.165) is 13.0 Å². The second-order valence-corrected chi connectivity index (χ2v) is 7.61. The highest BCUT2D eigenvalue weighted by Gasteiger charge is 2.34. The molecule has 1 aromatic heterocycles. The molecular weight excluding hydrogens is 334 g/mol. The molecule has 2 aromatic rings. The predicted molar refractivity (Wildman–Crippen MR) is 101 cm³/mol. The molecule has 0 spiro atoms. The number of amides is 3. The van der Waals surface area contributed by atoms with E-state index >= 15 is 0 Å². The van der Waals surface area contributed by atoms with Crippen LogP contribution in [-0.2, 0) is 0 Å². The van der Waals surface area contributed by atoms with Crippen molar-refractivity contribution < 1.29 is 9.59 Å². The summed E-state index contributed by atoms with van der Waals surface area (Å²) in [6.07, 6.45) is 0.992. The van der Waals surface area contributed by atoms with Crippen LogP contribution >= 0.6 is 11.3 Å². The van der Waals surface area contributed by atoms with E-state index in [-0.39, 0.29) is 18.0 Å². The molecule has 0 bridgehead atoms. The van der Waals surface area contributed by atoms with Gasteiger partial charge in [-0.25, -0.2) is 4.79 Å². The lowest BCUT2D eigenvalue weighted by Crippen LogP contribution is -2.46. The maximum absolute atomic E-state index is 12.5. The molecule has 1 atom stereocenters. The minimum atomic E-state index is -0.121. The average molecular weight is 357 g/mol. The molecule has 3 rings (SSSR count). The molecule has 1 saturated heterocycles. The van der Waals surface area contributed by atoms with Crippen LogP contribution in [0.3, 0.4) is 0 Å². The predicted octanol–water partition coefficient (Wildman–Crippen LogP) is 4.11. The Morgan fingerprint density at radius 3 is 2.76 bits per heavy atom. The Labute approximate surface area is 152 Å². The van der Waals surface area contributed by atoms with E-state index in [1.807, 2.05) is 30.2 Å². The number of carbonyl (C=O) groups excluding carboxylic acids is 2. The highest BCUT2D eigenvalue weighted by Crippen LogP contribution is 2.36. The molecule has 0 saturated carbocycles. The van der Waals surface area contributed by atoms with Gasteiger partial charge in [0.2, 0.25) is 0 Å². The van der Waals surface area contributed by atoms with Gasteiger partial charge < -0.3 is 15.5 Å². The van der Waals surface area contributed by atoms with Crippen LogP contribution in [0.1, 0.15) is 41.5 Å². The number of anilines is 1. The summed E-state index contributed by atoms with van der Waals surface area (Å²) in [5.41, 5.74) is 1.19. The van der Waals surface area contributed by atoms with Gasteiger partial charge in [-0.15, -0.1) is 11.3 Å². The molecule has 1 aromatic carbocycles. The molecule has 2 N–H and O–H groups in total. The highest BCUT2D eigenvalue weighted by atomic mass is 32.1. The third-order valence-corrected chi connectivity index (χ3v) is 5.17. The summed E-state index contributed by atoms with van der Waals surface area (Å²) >= 11 is 1.67. The lowest BCUT2D eigenvalue weighted by atomic mass is 10.0. The zero-order valence-electron chi connectivity index (χ0n) is 14.5. The average Bonchev–Trinajstić information content (AvgIpc) is 3.05. The van der Waals surface area contributed by atoms with Gasteiger partial charge >= 0.3 is 6.03 Å². The molecule has 0 unspecified atom stereocenters. The summed E-state index contributed by atoms with van der Waals surface area (Å²) in [4.78, 5) is 27.7. The van der Waals surface area contributed by atoms with Crippen molar-refractivity contribution in [2.24, 2.45) is 5.92 Å². The fourth-order valence-electron chi connectivity index (χ4n) is 2.74. The van der Waals surface area contributed by atoms with Crippen LogP contribution in [0, 0.1) is 5.92 Å². The normalized spacial score (nSPS) is 16.4. The number of likely N-dealkylation sites (tertiary alicyclic amines) is 1. The van der Waals surface area contributed by atoms with Crippen LogP contribution in [0.15, 0.2) is 41.8 Å².